The Morgan fingerprint density at radius 3 is 2.34 bits per heavy atom. The van der Waals surface area contributed by atoms with Crippen molar-refractivity contribution in [3.05, 3.63) is 69.7 Å². The molecule has 2 amide bonds. The number of allylic oxidation sites excluding steroid dienone is 2. The average Bonchev–Trinajstić information content (AvgIpc) is 3.46. The van der Waals surface area contributed by atoms with Crippen molar-refractivity contribution < 1.29 is 19.1 Å². The Morgan fingerprint density at radius 1 is 1.06 bits per heavy atom. The van der Waals surface area contributed by atoms with Crippen molar-refractivity contribution in [3.8, 4) is 11.5 Å². The molecule has 0 N–H and O–H groups in total. The molecule has 3 aliphatic rings. The number of hydrogen-bond acceptors (Lipinski definition) is 5. The van der Waals surface area contributed by atoms with E-state index in [0.717, 1.165) is 17.0 Å². The fraction of sp³-hybridized carbons (Fsp3) is 0.292. The standard InChI is InChI=1S/C24H20Cl2N2O4/c1-31-19-9-14(8-18(26)22(19)32-12-13-2-6-17(25)7-3-13)11-27-28-23(29)20-15-4-5-16(10-15)21(20)24(28)30/h2-9,11,15-16,20-21H,10,12H2,1H3. The van der Waals surface area contributed by atoms with E-state index >= 15 is 0 Å². The third-order valence-corrected chi connectivity index (χ3v) is 6.85. The number of imide groups is 1. The molecule has 6 nitrogen and oxygen atoms in total. The van der Waals surface area contributed by atoms with Gasteiger partial charge in [-0.2, -0.15) is 10.1 Å². The molecule has 2 aromatic carbocycles. The Labute approximate surface area is 195 Å². The second-order valence-corrected chi connectivity index (χ2v) is 9.03. The molecular weight excluding hydrogens is 451 g/mol. The lowest BCUT2D eigenvalue weighted by Gasteiger charge is -2.14. The smallest absolute Gasteiger partial charge is 0.254 e. The molecule has 4 unspecified atom stereocenters. The van der Waals surface area contributed by atoms with E-state index in [9.17, 15) is 9.59 Å². The molecule has 0 radical (unpaired) electrons. The van der Waals surface area contributed by atoms with Crippen LogP contribution < -0.4 is 9.47 Å². The van der Waals surface area contributed by atoms with Crippen LogP contribution in [0, 0.1) is 23.7 Å². The number of nitrogens with zero attached hydrogens (tertiary/aromatic N) is 2. The quantitative estimate of drug-likeness (QED) is 0.347. The highest BCUT2D eigenvalue weighted by Crippen LogP contribution is 2.52. The van der Waals surface area contributed by atoms with Crippen LogP contribution in [0.2, 0.25) is 10.0 Å². The van der Waals surface area contributed by atoms with Gasteiger partial charge in [-0.25, -0.2) is 0 Å². The lowest BCUT2D eigenvalue weighted by molar-refractivity contribution is -0.140. The van der Waals surface area contributed by atoms with Gasteiger partial charge >= 0.3 is 0 Å². The van der Waals surface area contributed by atoms with Gasteiger partial charge in [0.05, 0.1) is 30.2 Å². The molecule has 0 aromatic heterocycles. The number of carbonyl (C=O) groups excluding carboxylic acids is 2. The maximum Gasteiger partial charge on any atom is 0.254 e. The average molecular weight is 471 g/mol. The third-order valence-electron chi connectivity index (χ3n) is 6.32. The largest absolute Gasteiger partial charge is 0.493 e. The first-order valence-electron chi connectivity index (χ1n) is 10.3. The minimum atomic E-state index is -0.281. The van der Waals surface area contributed by atoms with Crippen molar-refractivity contribution in [2.45, 2.75) is 13.0 Å². The number of benzene rings is 2. The topological polar surface area (TPSA) is 68.2 Å². The molecule has 2 aromatic rings. The van der Waals surface area contributed by atoms with Gasteiger partial charge < -0.3 is 9.47 Å². The first-order valence-corrected chi connectivity index (χ1v) is 11.1. The summed E-state index contributed by atoms with van der Waals surface area (Å²) in [6, 6.07) is 10.7. The normalized spacial score (nSPS) is 25.8. The molecule has 0 spiro atoms. The van der Waals surface area contributed by atoms with Crippen molar-refractivity contribution in [2.75, 3.05) is 7.11 Å². The molecule has 164 valence electrons. The Kier molecular flexibility index (Phi) is 5.43. The summed E-state index contributed by atoms with van der Waals surface area (Å²) >= 11 is 12.4. The van der Waals surface area contributed by atoms with Crippen LogP contribution in [0.15, 0.2) is 53.7 Å². The first-order chi connectivity index (χ1) is 15.5. The molecule has 8 heteroatoms. The van der Waals surface area contributed by atoms with E-state index in [1.165, 1.54) is 13.3 Å². The lowest BCUT2D eigenvalue weighted by Crippen LogP contribution is -2.28. The first kappa shape index (κ1) is 21.0. The zero-order valence-corrected chi connectivity index (χ0v) is 18.7. The molecular formula is C24H20Cl2N2O4. The monoisotopic (exact) mass is 470 g/mol. The van der Waals surface area contributed by atoms with Crippen LogP contribution in [-0.2, 0) is 16.2 Å². The molecule has 2 fully saturated rings. The van der Waals surface area contributed by atoms with Crippen molar-refractivity contribution in [3.63, 3.8) is 0 Å². The minimum absolute atomic E-state index is 0.147. The number of hydrazone groups is 1. The van der Waals surface area contributed by atoms with Crippen molar-refractivity contribution in [1.29, 1.82) is 0 Å². The molecule has 4 atom stereocenters. The number of hydrogen-bond donors (Lipinski definition) is 0. The van der Waals surface area contributed by atoms with Gasteiger partial charge in [-0.15, -0.1) is 0 Å². The van der Waals surface area contributed by atoms with Crippen LogP contribution in [0.4, 0.5) is 0 Å². The predicted molar refractivity (Wildman–Crippen MR) is 121 cm³/mol. The fourth-order valence-corrected chi connectivity index (χ4v) is 5.21. The van der Waals surface area contributed by atoms with Crippen LogP contribution in [-0.4, -0.2) is 30.1 Å². The maximum absolute atomic E-state index is 12.8. The molecule has 1 heterocycles. The maximum atomic E-state index is 12.8. The summed E-state index contributed by atoms with van der Waals surface area (Å²) in [7, 11) is 1.51. The number of carbonyl (C=O) groups is 2. The van der Waals surface area contributed by atoms with Crippen LogP contribution in [0.25, 0.3) is 0 Å². The van der Waals surface area contributed by atoms with Crippen molar-refractivity contribution >= 4 is 41.2 Å². The second kappa shape index (κ2) is 8.26. The molecule has 1 aliphatic heterocycles. The summed E-state index contributed by atoms with van der Waals surface area (Å²) in [5.41, 5.74) is 1.52. The number of amides is 2. The highest BCUT2D eigenvalue weighted by atomic mass is 35.5. The molecule has 2 aliphatic carbocycles. The van der Waals surface area contributed by atoms with E-state index in [2.05, 4.69) is 17.3 Å². The highest BCUT2D eigenvalue weighted by Gasteiger charge is 2.59. The van der Waals surface area contributed by atoms with Crippen LogP contribution in [0.1, 0.15) is 17.5 Å². The van der Waals surface area contributed by atoms with Gasteiger partial charge in [-0.1, -0.05) is 47.5 Å². The van der Waals surface area contributed by atoms with E-state index in [4.69, 9.17) is 32.7 Å². The number of methoxy groups -OCH3 is 1. The Balaban J connectivity index is 1.33. The SMILES string of the molecule is COc1cc(C=NN2C(=O)C3C4C=CC(C4)C3C2=O)cc(Cl)c1OCc1ccc(Cl)cc1. The predicted octanol–water partition coefficient (Wildman–Crippen LogP) is 4.72. The molecule has 32 heavy (non-hydrogen) atoms. The summed E-state index contributed by atoms with van der Waals surface area (Å²) < 4.78 is 11.3. The van der Waals surface area contributed by atoms with E-state index in [1.54, 1.807) is 24.3 Å². The van der Waals surface area contributed by atoms with E-state index in [1.807, 2.05) is 12.1 Å². The lowest BCUT2D eigenvalue weighted by atomic mass is 9.85. The summed E-state index contributed by atoms with van der Waals surface area (Å²) in [4.78, 5) is 25.5. The Morgan fingerprint density at radius 2 is 1.72 bits per heavy atom. The summed E-state index contributed by atoms with van der Waals surface area (Å²) in [6.45, 7) is 0.288. The van der Waals surface area contributed by atoms with E-state index in [0.29, 0.717) is 27.1 Å². The second-order valence-electron chi connectivity index (χ2n) is 8.18. The van der Waals surface area contributed by atoms with Gasteiger partial charge in [0.2, 0.25) is 0 Å². The molecule has 2 bridgehead atoms. The van der Waals surface area contributed by atoms with E-state index < -0.39 is 0 Å². The zero-order chi connectivity index (χ0) is 22.4. The van der Waals surface area contributed by atoms with Crippen LogP contribution >= 0.6 is 23.2 Å². The number of ether oxygens (including phenoxy) is 2. The fourth-order valence-electron chi connectivity index (χ4n) is 4.82. The Bertz CT molecular complexity index is 1120. The van der Waals surface area contributed by atoms with Gasteiger partial charge in [-0.05, 0) is 53.6 Å². The molecule has 1 saturated carbocycles. The van der Waals surface area contributed by atoms with Gasteiger partial charge in [0, 0.05) is 5.02 Å². The Hall–Kier alpha value is -2.83. The van der Waals surface area contributed by atoms with Crippen molar-refractivity contribution in [1.82, 2.24) is 5.01 Å². The van der Waals surface area contributed by atoms with E-state index in [-0.39, 0.29) is 42.1 Å². The molecule has 1 saturated heterocycles. The number of fused-ring (bicyclic) bond motifs is 5. The van der Waals surface area contributed by atoms with Gasteiger partial charge in [0.25, 0.3) is 11.8 Å². The van der Waals surface area contributed by atoms with Gasteiger partial charge in [-0.3, -0.25) is 9.59 Å². The van der Waals surface area contributed by atoms with Gasteiger partial charge in [0.15, 0.2) is 11.5 Å². The molecule has 5 rings (SSSR count). The highest BCUT2D eigenvalue weighted by molar-refractivity contribution is 6.32. The summed E-state index contributed by atoms with van der Waals surface area (Å²) in [6.07, 6.45) is 6.44. The van der Waals surface area contributed by atoms with Gasteiger partial charge in [0.1, 0.15) is 6.61 Å². The number of rotatable bonds is 6. The number of halogens is 2. The van der Waals surface area contributed by atoms with Crippen LogP contribution in [0.5, 0.6) is 11.5 Å². The van der Waals surface area contributed by atoms with Crippen molar-refractivity contribution in [2.24, 2.45) is 28.8 Å². The third kappa shape index (κ3) is 3.57. The summed E-state index contributed by atoms with van der Waals surface area (Å²) in [5.74, 6) is 0.0930. The zero-order valence-electron chi connectivity index (χ0n) is 17.2. The summed E-state index contributed by atoms with van der Waals surface area (Å²) in [5, 5.41) is 6.18. The minimum Gasteiger partial charge on any atom is -0.493 e. The van der Waals surface area contributed by atoms with Crippen LogP contribution in [0.3, 0.4) is 0 Å².